The van der Waals surface area contributed by atoms with Gasteiger partial charge in [0.25, 0.3) is 5.91 Å². The zero-order chi connectivity index (χ0) is 17.6. The summed E-state index contributed by atoms with van der Waals surface area (Å²) >= 11 is 12.4. The summed E-state index contributed by atoms with van der Waals surface area (Å²) in [6, 6.07) is 12.5. The van der Waals surface area contributed by atoms with Crippen LogP contribution in [0.15, 0.2) is 42.5 Å². The number of amides is 3. The van der Waals surface area contributed by atoms with Crippen molar-refractivity contribution in [3.05, 3.63) is 69.2 Å². The molecule has 0 saturated carbocycles. The third-order valence-electron chi connectivity index (χ3n) is 5.03. The number of hydrogen-bond acceptors (Lipinski definition) is 2. The molecule has 1 atom stereocenters. The molecular weight excluding hydrogens is 359 g/mol. The van der Waals surface area contributed by atoms with Crippen molar-refractivity contribution in [2.75, 3.05) is 0 Å². The third-order valence-corrected chi connectivity index (χ3v) is 5.74. The van der Waals surface area contributed by atoms with E-state index in [0.717, 1.165) is 24.0 Å². The molecule has 6 heteroatoms. The summed E-state index contributed by atoms with van der Waals surface area (Å²) in [6.45, 7) is 0.0626. The molecule has 2 aromatic rings. The Morgan fingerprint density at radius 2 is 1.76 bits per heavy atom. The van der Waals surface area contributed by atoms with Crippen LogP contribution in [0.3, 0.4) is 0 Å². The van der Waals surface area contributed by atoms with Gasteiger partial charge in [0.15, 0.2) is 0 Å². The van der Waals surface area contributed by atoms with Gasteiger partial charge in [-0.05, 0) is 42.5 Å². The van der Waals surface area contributed by atoms with Gasteiger partial charge in [-0.1, -0.05) is 53.5 Å². The summed E-state index contributed by atoms with van der Waals surface area (Å²) in [5.41, 5.74) is 1.61. The molecule has 0 bridgehead atoms. The molecule has 1 N–H and O–H groups in total. The lowest BCUT2D eigenvalue weighted by Gasteiger charge is -2.33. The highest BCUT2D eigenvalue weighted by Gasteiger charge is 2.53. The molecule has 4 rings (SSSR count). The number of fused-ring (bicyclic) bond motifs is 2. The average molecular weight is 375 g/mol. The highest BCUT2D eigenvalue weighted by atomic mass is 35.5. The summed E-state index contributed by atoms with van der Waals surface area (Å²) in [7, 11) is 0. The Kier molecular flexibility index (Phi) is 3.97. The second-order valence-corrected chi connectivity index (χ2v) is 7.25. The lowest BCUT2D eigenvalue weighted by atomic mass is 9.76. The van der Waals surface area contributed by atoms with Crippen molar-refractivity contribution in [1.29, 1.82) is 0 Å². The van der Waals surface area contributed by atoms with Gasteiger partial charge in [-0.25, -0.2) is 4.79 Å². The quantitative estimate of drug-likeness (QED) is 0.797. The maximum atomic E-state index is 13.2. The number of benzene rings is 2. The number of hydrogen-bond donors (Lipinski definition) is 1. The number of halogens is 2. The summed E-state index contributed by atoms with van der Waals surface area (Å²) in [5.74, 6) is -0.236. The Hall–Kier alpha value is -2.04. The van der Waals surface area contributed by atoms with Crippen molar-refractivity contribution < 1.29 is 9.59 Å². The molecule has 1 unspecified atom stereocenters. The van der Waals surface area contributed by atoms with Gasteiger partial charge in [0, 0.05) is 15.6 Å². The number of nitrogens with one attached hydrogen (secondary N) is 1. The monoisotopic (exact) mass is 374 g/mol. The molecule has 25 heavy (non-hydrogen) atoms. The number of carbonyl (C=O) groups is 2. The highest BCUT2D eigenvalue weighted by Crippen LogP contribution is 2.40. The van der Waals surface area contributed by atoms with E-state index in [0.29, 0.717) is 22.0 Å². The van der Waals surface area contributed by atoms with Crippen LogP contribution in [0.2, 0.25) is 10.0 Å². The van der Waals surface area contributed by atoms with Crippen LogP contribution < -0.4 is 5.32 Å². The van der Waals surface area contributed by atoms with Crippen LogP contribution in [0.1, 0.15) is 29.5 Å². The van der Waals surface area contributed by atoms with Crippen LogP contribution in [0, 0.1) is 0 Å². The molecule has 4 nitrogen and oxygen atoms in total. The second-order valence-electron chi connectivity index (χ2n) is 6.44. The molecule has 2 aromatic carbocycles. The Morgan fingerprint density at radius 3 is 2.52 bits per heavy atom. The average Bonchev–Trinajstić information content (AvgIpc) is 2.83. The van der Waals surface area contributed by atoms with Gasteiger partial charge in [-0.2, -0.15) is 0 Å². The van der Waals surface area contributed by atoms with E-state index >= 15 is 0 Å². The lowest BCUT2D eigenvalue weighted by molar-refractivity contribution is -0.132. The highest BCUT2D eigenvalue weighted by molar-refractivity contribution is 6.36. The molecule has 1 aliphatic carbocycles. The maximum absolute atomic E-state index is 13.2. The van der Waals surface area contributed by atoms with Crippen molar-refractivity contribution in [2.24, 2.45) is 0 Å². The van der Waals surface area contributed by atoms with Crippen LogP contribution in [0.5, 0.6) is 0 Å². The number of carbonyl (C=O) groups excluding carboxylic acids is 2. The van der Waals surface area contributed by atoms with Crippen molar-refractivity contribution in [1.82, 2.24) is 10.2 Å². The van der Waals surface area contributed by atoms with E-state index in [1.54, 1.807) is 18.2 Å². The molecule has 3 amide bonds. The van der Waals surface area contributed by atoms with Crippen molar-refractivity contribution in [3.63, 3.8) is 0 Å². The first-order chi connectivity index (χ1) is 12.0. The summed E-state index contributed by atoms with van der Waals surface area (Å²) in [5, 5.41) is 3.82. The fourth-order valence-corrected chi connectivity index (χ4v) is 4.31. The summed E-state index contributed by atoms with van der Waals surface area (Å²) in [4.78, 5) is 27.1. The van der Waals surface area contributed by atoms with E-state index < -0.39 is 11.6 Å². The molecule has 1 heterocycles. The number of aryl methyl sites for hydroxylation is 1. The Bertz CT molecular complexity index is 863. The van der Waals surface area contributed by atoms with Gasteiger partial charge in [0.1, 0.15) is 5.54 Å². The zero-order valence-corrected chi connectivity index (χ0v) is 14.9. The van der Waals surface area contributed by atoms with Gasteiger partial charge >= 0.3 is 6.03 Å². The number of imide groups is 1. The molecule has 2 aliphatic rings. The zero-order valence-electron chi connectivity index (χ0n) is 13.4. The van der Waals surface area contributed by atoms with Gasteiger partial charge in [0.05, 0.1) is 6.54 Å². The molecule has 0 radical (unpaired) electrons. The molecule has 1 spiro atoms. The van der Waals surface area contributed by atoms with Gasteiger partial charge < -0.3 is 5.32 Å². The Morgan fingerprint density at radius 1 is 1.04 bits per heavy atom. The first-order valence-corrected chi connectivity index (χ1v) is 8.94. The minimum absolute atomic E-state index is 0.0626. The maximum Gasteiger partial charge on any atom is 0.325 e. The van der Waals surface area contributed by atoms with E-state index in [1.807, 2.05) is 24.3 Å². The van der Waals surface area contributed by atoms with E-state index in [4.69, 9.17) is 23.2 Å². The molecule has 1 aliphatic heterocycles. The molecule has 0 aromatic heterocycles. The van der Waals surface area contributed by atoms with Crippen molar-refractivity contribution in [3.8, 4) is 0 Å². The standard InChI is InChI=1S/C19H16Cl2N2O2/c20-15-8-3-9-16(21)13(15)11-23-17(24)19(22-18(23)25)10-4-6-12-5-1-2-7-14(12)19/h1-3,5,7-9H,4,6,10-11H2,(H,22,25). The molecule has 1 fully saturated rings. The Labute approximate surface area is 155 Å². The largest absolute Gasteiger partial charge is 0.325 e. The third kappa shape index (κ3) is 2.52. The van der Waals surface area contributed by atoms with E-state index in [2.05, 4.69) is 5.32 Å². The topological polar surface area (TPSA) is 49.4 Å². The van der Waals surface area contributed by atoms with Crippen molar-refractivity contribution in [2.45, 2.75) is 31.3 Å². The fraction of sp³-hybridized carbons (Fsp3) is 0.263. The fourth-order valence-electron chi connectivity index (χ4n) is 3.80. The molecule has 1 saturated heterocycles. The van der Waals surface area contributed by atoms with E-state index in [-0.39, 0.29) is 12.5 Å². The van der Waals surface area contributed by atoms with Gasteiger partial charge in [-0.3, -0.25) is 9.69 Å². The normalized spacial score (nSPS) is 22.2. The minimum atomic E-state index is -0.973. The van der Waals surface area contributed by atoms with Crippen LogP contribution >= 0.6 is 23.2 Å². The van der Waals surface area contributed by atoms with E-state index in [1.165, 1.54) is 4.90 Å². The predicted molar refractivity (Wildman–Crippen MR) is 96.6 cm³/mol. The first-order valence-electron chi connectivity index (χ1n) is 8.18. The summed E-state index contributed by atoms with van der Waals surface area (Å²) in [6.07, 6.45) is 2.36. The molecular formula is C19H16Cl2N2O2. The van der Waals surface area contributed by atoms with E-state index in [9.17, 15) is 9.59 Å². The number of nitrogens with zero attached hydrogens (tertiary/aromatic N) is 1. The van der Waals surface area contributed by atoms with Crippen LogP contribution in [0.4, 0.5) is 4.79 Å². The smallest absolute Gasteiger partial charge is 0.319 e. The van der Waals surface area contributed by atoms with Crippen LogP contribution in [0.25, 0.3) is 0 Å². The number of rotatable bonds is 2. The number of urea groups is 1. The molecule has 128 valence electrons. The van der Waals surface area contributed by atoms with Crippen LogP contribution in [-0.4, -0.2) is 16.8 Å². The predicted octanol–water partition coefficient (Wildman–Crippen LogP) is 4.28. The van der Waals surface area contributed by atoms with Crippen LogP contribution in [-0.2, 0) is 23.3 Å². The van der Waals surface area contributed by atoms with Gasteiger partial charge in [-0.15, -0.1) is 0 Å². The minimum Gasteiger partial charge on any atom is -0.319 e. The van der Waals surface area contributed by atoms with Gasteiger partial charge in [0.2, 0.25) is 0 Å². The second kappa shape index (κ2) is 6.04. The lowest BCUT2D eigenvalue weighted by Crippen LogP contribution is -2.46. The van der Waals surface area contributed by atoms with Crippen molar-refractivity contribution >= 4 is 35.1 Å². The Balaban J connectivity index is 1.73. The first kappa shape index (κ1) is 16.4. The SMILES string of the molecule is O=C1NC2(CCCc3ccccc32)C(=O)N1Cc1c(Cl)cccc1Cl. The summed E-state index contributed by atoms with van der Waals surface area (Å²) < 4.78 is 0.